The van der Waals surface area contributed by atoms with E-state index in [9.17, 15) is 14.4 Å². The lowest BCUT2D eigenvalue weighted by Crippen LogP contribution is -2.48. The van der Waals surface area contributed by atoms with Gasteiger partial charge in [-0.1, -0.05) is 25.5 Å². The van der Waals surface area contributed by atoms with E-state index in [0.29, 0.717) is 5.41 Å². The highest BCUT2D eigenvalue weighted by molar-refractivity contribution is 5.88. The topological polar surface area (TPSA) is 154 Å². The fourth-order valence-electron chi connectivity index (χ4n) is 4.78. The Morgan fingerprint density at radius 2 is 1.73 bits per heavy atom. The zero-order valence-corrected chi connectivity index (χ0v) is 19.5. The van der Waals surface area contributed by atoms with Crippen LogP contribution in [-0.4, -0.2) is 94.9 Å². The second kappa shape index (κ2) is 11.9. The lowest BCUT2D eigenvalue weighted by atomic mass is 9.48. The van der Waals surface area contributed by atoms with E-state index in [4.69, 9.17) is 29.9 Å². The molecular formula is C23H37NO9. The summed E-state index contributed by atoms with van der Waals surface area (Å²) in [4.78, 5) is 32.9. The Morgan fingerprint density at radius 3 is 2.21 bits per heavy atom. The minimum atomic E-state index is -2.74. The third-order valence-electron chi connectivity index (χ3n) is 7.06. The second-order valence-corrected chi connectivity index (χ2v) is 9.62. The van der Waals surface area contributed by atoms with Crippen molar-refractivity contribution in [2.45, 2.75) is 51.6 Å². The molecule has 4 N–H and O–H groups in total. The van der Waals surface area contributed by atoms with Crippen molar-refractivity contribution in [3.63, 3.8) is 0 Å². The highest BCUT2D eigenvalue weighted by Gasteiger charge is 2.50. The van der Waals surface area contributed by atoms with Crippen molar-refractivity contribution in [1.29, 1.82) is 0 Å². The number of rotatable bonds is 11. The highest BCUT2D eigenvalue weighted by Crippen LogP contribution is 2.59. The Bertz CT molecular complexity index is 711. The average molecular weight is 472 g/mol. The molecule has 0 aromatic rings. The smallest absolute Gasteiger partial charge is 0.336 e. The number of carboxylic acid groups (broad SMARTS) is 3. The molecule has 1 heterocycles. The van der Waals surface area contributed by atoms with Gasteiger partial charge in [0, 0.05) is 19.6 Å². The van der Waals surface area contributed by atoms with E-state index in [1.54, 1.807) is 5.57 Å². The van der Waals surface area contributed by atoms with Crippen LogP contribution >= 0.6 is 0 Å². The van der Waals surface area contributed by atoms with Crippen LogP contribution in [0.15, 0.2) is 11.6 Å². The molecule has 2 unspecified atom stereocenters. The van der Waals surface area contributed by atoms with Gasteiger partial charge in [0.15, 0.2) is 5.60 Å². The number of allylic oxidation sites excluding steroid dienone is 1. The second-order valence-electron chi connectivity index (χ2n) is 9.62. The predicted molar refractivity (Wildman–Crippen MR) is 118 cm³/mol. The van der Waals surface area contributed by atoms with Crippen LogP contribution in [0.1, 0.15) is 46.0 Å². The molecule has 2 bridgehead atoms. The Morgan fingerprint density at radius 1 is 1.12 bits per heavy atom. The number of aliphatic hydroxyl groups is 1. The minimum absolute atomic E-state index is 0.553. The molecule has 2 fully saturated rings. The molecule has 10 nitrogen and oxygen atoms in total. The largest absolute Gasteiger partial charge is 0.481 e. The van der Waals surface area contributed by atoms with Crippen LogP contribution in [0.4, 0.5) is 0 Å². The number of hydrogen-bond donors (Lipinski definition) is 4. The van der Waals surface area contributed by atoms with E-state index in [1.807, 2.05) is 0 Å². The quantitative estimate of drug-likeness (QED) is 0.257. The molecule has 4 aliphatic rings. The monoisotopic (exact) mass is 471 g/mol. The summed E-state index contributed by atoms with van der Waals surface area (Å²) in [6, 6.07) is 0. The fourth-order valence-corrected chi connectivity index (χ4v) is 4.78. The van der Waals surface area contributed by atoms with E-state index < -0.39 is 36.4 Å². The maximum absolute atomic E-state index is 10.3. The van der Waals surface area contributed by atoms with Crippen LogP contribution in [-0.2, 0) is 23.9 Å². The molecule has 33 heavy (non-hydrogen) atoms. The van der Waals surface area contributed by atoms with Gasteiger partial charge in [-0.15, -0.1) is 0 Å². The summed E-state index contributed by atoms with van der Waals surface area (Å²) in [5, 5.41) is 33.8. The molecule has 0 spiro atoms. The van der Waals surface area contributed by atoms with Crippen LogP contribution in [0.3, 0.4) is 0 Å². The number of ether oxygens (including phenoxy) is 2. The lowest BCUT2D eigenvalue weighted by Gasteiger charge is -2.56. The first-order valence-electron chi connectivity index (χ1n) is 11.4. The van der Waals surface area contributed by atoms with Gasteiger partial charge in [0.2, 0.25) is 0 Å². The number of aliphatic carboxylic acids is 3. The molecule has 4 rings (SSSR count). The van der Waals surface area contributed by atoms with Crippen LogP contribution < -0.4 is 0 Å². The van der Waals surface area contributed by atoms with Crippen LogP contribution in [0.25, 0.3) is 0 Å². The van der Waals surface area contributed by atoms with Gasteiger partial charge >= 0.3 is 17.9 Å². The van der Waals surface area contributed by atoms with Crippen molar-refractivity contribution in [2.24, 2.45) is 17.3 Å². The van der Waals surface area contributed by atoms with E-state index in [1.165, 1.54) is 12.8 Å². The summed E-state index contributed by atoms with van der Waals surface area (Å²) in [5.41, 5.74) is -0.515. The Kier molecular flexibility index (Phi) is 9.84. The van der Waals surface area contributed by atoms with E-state index in [2.05, 4.69) is 24.8 Å². The summed E-state index contributed by atoms with van der Waals surface area (Å²) in [7, 11) is 0. The summed E-state index contributed by atoms with van der Waals surface area (Å²) in [5.74, 6) is -3.24. The van der Waals surface area contributed by atoms with E-state index >= 15 is 0 Å². The average Bonchev–Trinajstić information content (AvgIpc) is 2.73. The van der Waals surface area contributed by atoms with E-state index in [0.717, 1.165) is 64.3 Å². The molecule has 188 valence electrons. The molecular weight excluding hydrogens is 434 g/mol. The van der Waals surface area contributed by atoms with Crippen LogP contribution in [0.5, 0.6) is 0 Å². The van der Waals surface area contributed by atoms with Gasteiger partial charge in [-0.2, -0.15) is 0 Å². The van der Waals surface area contributed by atoms with Crippen molar-refractivity contribution in [2.75, 3.05) is 46.1 Å². The molecule has 1 aliphatic heterocycles. The summed E-state index contributed by atoms with van der Waals surface area (Å²) < 4.78 is 11.2. The van der Waals surface area contributed by atoms with Gasteiger partial charge in [0.25, 0.3) is 0 Å². The molecule has 1 saturated carbocycles. The SMILES string of the molecule is CC1(C)C2CC=C(CCOCCN3CCOCC3)C1C2.O=C(O)CC(O)(CC(=O)O)C(=O)O. The number of carbonyl (C=O) groups is 3. The van der Waals surface area contributed by atoms with Crippen molar-refractivity contribution in [3.05, 3.63) is 11.6 Å². The molecule has 1 saturated heterocycles. The number of fused-ring (bicyclic) bond motifs is 1. The van der Waals surface area contributed by atoms with Gasteiger partial charge in [0.05, 0.1) is 39.3 Å². The van der Waals surface area contributed by atoms with Gasteiger partial charge in [-0.05, 0) is 36.5 Å². The maximum atomic E-state index is 10.3. The van der Waals surface area contributed by atoms with Crippen molar-refractivity contribution in [3.8, 4) is 0 Å². The molecule has 0 aromatic carbocycles. The summed E-state index contributed by atoms with van der Waals surface area (Å²) >= 11 is 0. The fraction of sp³-hybridized carbons (Fsp3) is 0.783. The van der Waals surface area contributed by atoms with E-state index in [-0.39, 0.29) is 0 Å². The number of hydrogen-bond acceptors (Lipinski definition) is 7. The lowest BCUT2D eigenvalue weighted by molar-refractivity contribution is -0.170. The number of carboxylic acids is 3. The maximum Gasteiger partial charge on any atom is 0.336 e. The number of nitrogens with zero attached hydrogens (tertiary/aromatic N) is 1. The zero-order chi connectivity index (χ0) is 24.6. The van der Waals surface area contributed by atoms with Gasteiger partial charge in [-0.25, -0.2) is 4.79 Å². The molecule has 10 heteroatoms. The number of morpholine rings is 1. The molecule has 0 radical (unpaired) electrons. The van der Waals surface area contributed by atoms with Crippen molar-refractivity contribution < 1.29 is 44.3 Å². The first-order valence-corrected chi connectivity index (χ1v) is 11.4. The van der Waals surface area contributed by atoms with Crippen molar-refractivity contribution in [1.82, 2.24) is 4.90 Å². The summed E-state index contributed by atoms with van der Waals surface area (Å²) in [6.45, 7) is 11.6. The van der Waals surface area contributed by atoms with Gasteiger partial charge < -0.3 is 29.9 Å². The Hall–Kier alpha value is -2.01. The third kappa shape index (κ3) is 7.77. The summed E-state index contributed by atoms with van der Waals surface area (Å²) in [6.07, 6.45) is 4.07. The molecule has 2 atom stereocenters. The molecule has 0 aromatic heterocycles. The highest BCUT2D eigenvalue weighted by atomic mass is 16.5. The van der Waals surface area contributed by atoms with Crippen LogP contribution in [0, 0.1) is 17.3 Å². The zero-order valence-electron chi connectivity index (χ0n) is 19.5. The standard InChI is InChI=1S/C17H29NO2.C6H8O7/c1-17(2)15-4-3-14(16(17)13-15)5-9-19-10-6-18-7-11-20-12-8-18;7-3(8)1-6(13,5(11)12)2-4(9)10/h3,15-16H,4-13H2,1-2H3;13H,1-2H2,(H,7,8)(H,9,10)(H,11,12). The van der Waals surface area contributed by atoms with Gasteiger partial charge in [-0.3, -0.25) is 14.5 Å². The van der Waals surface area contributed by atoms with Gasteiger partial charge in [0.1, 0.15) is 0 Å². The normalized spacial score (nSPS) is 24.0. The molecule has 0 amide bonds. The van der Waals surface area contributed by atoms with Crippen LogP contribution in [0.2, 0.25) is 0 Å². The Balaban J connectivity index is 0.000000260. The first-order chi connectivity index (χ1) is 15.5. The predicted octanol–water partition coefficient (Wildman–Crippen LogP) is 1.47. The third-order valence-corrected chi connectivity index (χ3v) is 7.06. The first kappa shape index (κ1) is 27.2. The van der Waals surface area contributed by atoms with Crippen molar-refractivity contribution >= 4 is 17.9 Å². The minimum Gasteiger partial charge on any atom is -0.481 e. The molecule has 3 aliphatic carbocycles. The Labute approximate surface area is 194 Å².